The Morgan fingerprint density at radius 2 is 2.14 bits per heavy atom. The number of halogens is 1. The van der Waals surface area contributed by atoms with Crippen molar-refractivity contribution in [3.05, 3.63) is 11.1 Å². The molecule has 1 heterocycles. The zero-order valence-corrected chi connectivity index (χ0v) is 9.21. The number of hydrogen-bond acceptors (Lipinski definition) is 2. The van der Waals surface area contributed by atoms with E-state index in [1.807, 2.05) is 0 Å². The monoisotopic (exact) mass is 215 g/mol. The van der Waals surface area contributed by atoms with Crippen LogP contribution in [-0.2, 0) is 0 Å². The minimum Gasteiger partial charge on any atom is -0.391 e. The minimum atomic E-state index is -0.133. The van der Waals surface area contributed by atoms with Gasteiger partial charge in [0.15, 0.2) is 0 Å². The average molecular weight is 216 g/mol. The van der Waals surface area contributed by atoms with Crippen molar-refractivity contribution < 1.29 is 5.11 Å². The topological polar surface area (TPSA) is 23.5 Å². The fraction of sp³-hybridized carbons (Fsp3) is 0.818. The second kappa shape index (κ2) is 4.65. The van der Waals surface area contributed by atoms with Gasteiger partial charge in [0, 0.05) is 24.2 Å². The fourth-order valence-electron chi connectivity index (χ4n) is 2.53. The van der Waals surface area contributed by atoms with E-state index in [2.05, 4.69) is 11.0 Å². The Balaban J connectivity index is 1.96. The van der Waals surface area contributed by atoms with Crippen LogP contribution in [0.25, 0.3) is 0 Å². The van der Waals surface area contributed by atoms with E-state index in [9.17, 15) is 5.11 Å². The van der Waals surface area contributed by atoms with Crippen molar-refractivity contribution in [3.8, 4) is 0 Å². The molecule has 0 unspecified atom stereocenters. The summed E-state index contributed by atoms with van der Waals surface area (Å²) in [5, 5.41) is 10.8. The van der Waals surface area contributed by atoms with Crippen molar-refractivity contribution in [2.45, 2.75) is 44.2 Å². The number of aliphatic hydroxyl groups is 1. The lowest BCUT2D eigenvalue weighted by atomic mass is 9.91. The predicted octanol–water partition coefficient (Wildman–Crippen LogP) is 2.12. The van der Waals surface area contributed by atoms with Gasteiger partial charge in [-0.2, -0.15) is 0 Å². The fourth-order valence-corrected chi connectivity index (χ4v) is 2.79. The number of rotatable bonds is 1. The third-order valence-electron chi connectivity index (χ3n) is 3.30. The highest BCUT2D eigenvalue weighted by atomic mass is 35.5. The van der Waals surface area contributed by atoms with Gasteiger partial charge in [0.2, 0.25) is 0 Å². The highest BCUT2D eigenvalue weighted by Crippen LogP contribution is 2.26. The molecular weight excluding hydrogens is 198 g/mol. The van der Waals surface area contributed by atoms with Crippen LogP contribution in [0.4, 0.5) is 0 Å². The van der Waals surface area contributed by atoms with Crippen molar-refractivity contribution in [3.63, 3.8) is 0 Å². The van der Waals surface area contributed by atoms with Crippen LogP contribution in [0.5, 0.6) is 0 Å². The molecule has 0 amide bonds. The molecule has 0 saturated heterocycles. The zero-order chi connectivity index (χ0) is 9.97. The lowest BCUT2D eigenvalue weighted by Gasteiger charge is -2.38. The highest BCUT2D eigenvalue weighted by Gasteiger charge is 2.29. The largest absolute Gasteiger partial charge is 0.391 e. The summed E-state index contributed by atoms with van der Waals surface area (Å²) in [5.74, 6) is 0. The Morgan fingerprint density at radius 3 is 2.86 bits per heavy atom. The highest BCUT2D eigenvalue weighted by molar-refractivity contribution is 6.29. The summed E-state index contributed by atoms with van der Waals surface area (Å²) in [6, 6.07) is 0.353. The second-order valence-electron chi connectivity index (χ2n) is 4.33. The molecule has 14 heavy (non-hydrogen) atoms. The number of aliphatic hydroxyl groups excluding tert-OH is 1. The summed E-state index contributed by atoms with van der Waals surface area (Å²) in [4.78, 5) is 2.34. The molecule has 0 spiro atoms. The Bertz CT molecular complexity index is 229. The van der Waals surface area contributed by atoms with Gasteiger partial charge in [-0.1, -0.05) is 30.5 Å². The normalized spacial score (nSPS) is 35.4. The first kappa shape index (κ1) is 10.5. The lowest BCUT2D eigenvalue weighted by Crippen LogP contribution is -2.47. The summed E-state index contributed by atoms with van der Waals surface area (Å²) >= 11 is 6.02. The molecule has 1 saturated carbocycles. The van der Waals surface area contributed by atoms with Gasteiger partial charge in [-0.3, -0.25) is 4.90 Å². The molecule has 1 aliphatic heterocycles. The zero-order valence-electron chi connectivity index (χ0n) is 8.45. The SMILES string of the molecule is O[C@H]1CCCC[C@@H]1N1CCC=C(Cl)C1. The third-order valence-corrected chi connectivity index (χ3v) is 3.57. The summed E-state index contributed by atoms with van der Waals surface area (Å²) in [7, 11) is 0. The van der Waals surface area contributed by atoms with Gasteiger partial charge in [0.05, 0.1) is 6.10 Å². The van der Waals surface area contributed by atoms with Gasteiger partial charge in [-0.05, 0) is 19.3 Å². The maximum absolute atomic E-state index is 9.90. The Kier molecular flexibility index (Phi) is 3.47. The molecule has 3 heteroatoms. The van der Waals surface area contributed by atoms with Crippen molar-refractivity contribution in [2.75, 3.05) is 13.1 Å². The molecule has 1 aliphatic carbocycles. The van der Waals surface area contributed by atoms with Crippen LogP contribution in [0.15, 0.2) is 11.1 Å². The number of hydrogen-bond donors (Lipinski definition) is 1. The second-order valence-corrected chi connectivity index (χ2v) is 4.81. The molecule has 0 aromatic rings. The standard InChI is InChI=1S/C11H18ClNO/c12-9-4-3-7-13(8-9)10-5-1-2-6-11(10)14/h4,10-11,14H,1-3,5-8H2/t10-,11-/m0/s1. The van der Waals surface area contributed by atoms with Crippen LogP contribution in [-0.4, -0.2) is 35.2 Å². The molecule has 1 N–H and O–H groups in total. The van der Waals surface area contributed by atoms with E-state index in [-0.39, 0.29) is 6.10 Å². The van der Waals surface area contributed by atoms with Gasteiger partial charge < -0.3 is 5.11 Å². The van der Waals surface area contributed by atoms with Gasteiger partial charge in [-0.15, -0.1) is 0 Å². The molecule has 0 aromatic heterocycles. The van der Waals surface area contributed by atoms with Crippen LogP contribution in [0.3, 0.4) is 0 Å². The Hall–Kier alpha value is -0.0500. The Morgan fingerprint density at radius 1 is 1.36 bits per heavy atom. The lowest BCUT2D eigenvalue weighted by molar-refractivity contribution is 0.0237. The van der Waals surface area contributed by atoms with E-state index in [4.69, 9.17) is 11.6 Å². The van der Waals surface area contributed by atoms with Gasteiger partial charge in [-0.25, -0.2) is 0 Å². The van der Waals surface area contributed by atoms with Crippen LogP contribution in [0.1, 0.15) is 32.1 Å². The van der Waals surface area contributed by atoms with E-state index >= 15 is 0 Å². The summed E-state index contributed by atoms with van der Waals surface area (Å²) in [6.45, 7) is 1.89. The van der Waals surface area contributed by atoms with Gasteiger partial charge in [0.1, 0.15) is 0 Å². The quantitative estimate of drug-likeness (QED) is 0.725. The van der Waals surface area contributed by atoms with Crippen LogP contribution >= 0.6 is 11.6 Å². The molecular formula is C11H18ClNO. The maximum Gasteiger partial charge on any atom is 0.0695 e. The number of nitrogens with zero attached hydrogens (tertiary/aromatic N) is 1. The summed E-state index contributed by atoms with van der Waals surface area (Å²) in [5.41, 5.74) is 0. The summed E-state index contributed by atoms with van der Waals surface area (Å²) < 4.78 is 0. The smallest absolute Gasteiger partial charge is 0.0695 e. The Labute approximate surface area is 90.5 Å². The maximum atomic E-state index is 9.90. The minimum absolute atomic E-state index is 0.133. The molecule has 0 aromatic carbocycles. The molecule has 0 bridgehead atoms. The van der Waals surface area contributed by atoms with Crippen LogP contribution in [0, 0.1) is 0 Å². The average Bonchev–Trinajstić information content (AvgIpc) is 2.18. The van der Waals surface area contributed by atoms with E-state index in [0.29, 0.717) is 6.04 Å². The summed E-state index contributed by atoms with van der Waals surface area (Å²) in [6.07, 6.45) is 7.50. The van der Waals surface area contributed by atoms with Crippen molar-refractivity contribution in [1.82, 2.24) is 4.90 Å². The molecule has 80 valence electrons. The van der Waals surface area contributed by atoms with E-state index < -0.39 is 0 Å². The molecule has 2 aliphatic rings. The molecule has 2 rings (SSSR count). The first-order valence-electron chi connectivity index (χ1n) is 5.54. The van der Waals surface area contributed by atoms with Crippen LogP contribution in [0.2, 0.25) is 0 Å². The van der Waals surface area contributed by atoms with Crippen molar-refractivity contribution in [1.29, 1.82) is 0 Å². The van der Waals surface area contributed by atoms with E-state index in [0.717, 1.165) is 37.4 Å². The van der Waals surface area contributed by atoms with E-state index in [1.165, 1.54) is 12.8 Å². The van der Waals surface area contributed by atoms with Crippen molar-refractivity contribution in [2.24, 2.45) is 0 Å². The first-order chi connectivity index (χ1) is 6.77. The van der Waals surface area contributed by atoms with Crippen LogP contribution < -0.4 is 0 Å². The van der Waals surface area contributed by atoms with E-state index in [1.54, 1.807) is 0 Å². The first-order valence-corrected chi connectivity index (χ1v) is 5.92. The van der Waals surface area contributed by atoms with Gasteiger partial charge >= 0.3 is 0 Å². The molecule has 2 atom stereocenters. The predicted molar refractivity (Wildman–Crippen MR) is 58.4 cm³/mol. The van der Waals surface area contributed by atoms with Crippen molar-refractivity contribution >= 4 is 11.6 Å². The molecule has 0 radical (unpaired) electrons. The third kappa shape index (κ3) is 2.30. The van der Waals surface area contributed by atoms with Gasteiger partial charge in [0.25, 0.3) is 0 Å². The molecule has 1 fully saturated rings. The molecule has 2 nitrogen and oxygen atoms in total.